The Kier molecular flexibility index (Phi) is 10.7. The van der Waals surface area contributed by atoms with E-state index in [2.05, 4.69) is 36.1 Å². The van der Waals surface area contributed by atoms with Gasteiger partial charge in [-0.2, -0.15) is 28.1 Å². The highest BCUT2D eigenvalue weighted by Crippen LogP contribution is 2.48. The first-order valence-corrected chi connectivity index (χ1v) is 15.7. The van der Waals surface area contributed by atoms with Crippen LogP contribution in [0.1, 0.15) is 40.9 Å². The number of aryl methyl sites for hydroxylation is 1. The monoisotopic (exact) mass is 715 g/mol. The van der Waals surface area contributed by atoms with Crippen LogP contribution >= 0.6 is 11.6 Å². The second-order valence-electron chi connectivity index (χ2n) is 11.7. The van der Waals surface area contributed by atoms with E-state index in [1.807, 2.05) is 12.1 Å². The fourth-order valence-corrected chi connectivity index (χ4v) is 4.96. The molecule has 1 saturated carbocycles. The first-order valence-electron chi connectivity index (χ1n) is 15.3. The zero-order valence-electron chi connectivity index (χ0n) is 27.2. The lowest BCUT2D eigenvalue weighted by Gasteiger charge is -2.20. The molecule has 0 saturated heterocycles. The van der Waals surface area contributed by atoms with Gasteiger partial charge < -0.3 is 29.7 Å². The fraction of sp³-hybridized carbons (Fsp3) is 0.344. The van der Waals surface area contributed by atoms with E-state index < -0.39 is 36.1 Å². The summed E-state index contributed by atoms with van der Waals surface area (Å²) in [5, 5.41) is 12.7. The highest BCUT2D eigenvalue weighted by Gasteiger charge is 2.45. The van der Waals surface area contributed by atoms with E-state index in [0.29, 0.717) is 35.0 Å². The van der Waals surface area contributed by atoms with Crippen molar-refractivity contribution in [2.45, 2.75) is 37.9 Å². The van der Waals surface area contributed by atoms with Gasteiger partial charge in [-0.15, -0.1) is 0 Å². The summed E-state index contributed by atoms with van der Waals surface area (Å²) in [4.78, 5) is 52.7. The molecule has 14 nitrogen and oxygen atoms in total. The average Bonchev–Trinajstić information content (AvgIpc) is 3.74. The maximum Gasteiger partial charge on any atom is 0.422 e. The van der Waals surface area contributed by atoms with Crippen molar-refractivity contribution < 1.29 is 36.8 Å². The second-order valence-corrected chi connectivity index (χ2v) is 12.1. The zero-order valence-corrected chi connectivity index (χ0v) is 27.9. The molecule has 0 bridgehead atoms. The van der Waals surface area contributed by atoms with Crippen molar-refractivity contribution in [3.05, 3.63) is 76.5 Å². The first-order chi connectivity index (χ1) is 23.7. The summed E-state index contributed by atoms with van der Waals surface area (Å²) in [5.41, 5.74) is 1.20. The smallest absolute Gasteiger partial charge is 0.422 e. The molecule has 0 atom stereocenters. The van der Waals surface area contributed by atoms with Crippen molar-refractivity contribution in [2.75, 3.05) is 49.7 Å². The van der Waals surface area contributed by atoms with E-state index >= 15 is 0 Å². The van der Waals surface area contributed by atoms with Crippen molar-refractivity contribution in [1.29, 1.82) is 0 Å². The molecule has 2 aromatic heterocycles. The minimum Gasteiger partial charge on any atom is -0.454 e. The van der Waals surface area contributed by atoms with Crippen molar-refractivity contribution in [3.8, 4) is 6.01 Å². The molecule has 2 heterocycles. The number of hydrogen-bond acceptors (Lipinski definition) is 11. The average molecular weight is 716 g/mol. The van der Waals surface area contributed by atoms with Gasteiger partial charge in [0.1, 0.15) is 5.76 Å². The van der Waals surface area contributed by atoms with Crippen LogP contribution in [0.4, 0.5) is 36.6 Å². The molecule has 3 amide bonds. The molecule has 264 valence electrons. The van der Waals surface area contributed by atoms with Gasteiger partial charge in [-0.3, -0.25) is 19.7 Å². The summed E-state index contributed by atoms with van der Waals surface area (Å²) in [5.74, 6) is -1.38. The molecule has 0 unspecified atom stereocenters. The molecule has 18 heteroatoms. The van der Waals surface area contributed by atoms with Gasteiger partial charge in [0.2, 0.25) is 11.9 Å². The van der Waals surface area contributed by atoms with Crippen LogP contribution in [0.3, 0.4) is 0 Å². The SMILES string of the molecule is Cc1cc(NC(=O)C(=O)N(C)CCCN(C)C(=O)c2ccc(Nc3nc(NC4(c5ccc(Cl)cc5)CC4)nc(OCC(F)(F)F)n3)cc2)no1. The molecule has 5 rings (SSSR count). The molecular weight excluding hydrogens is 683 g/mol. The van der Waals surface area contributed by atoms with Crippen LogP contribution < -0.4 is 20.7 Å². The molecule has 2 aromatic carbocycles. The second kappa shape index (κ2) is 15.0. The van der Waals surface area contributed by atoms with Crippen molar-refractivity contribution in [3.63, 3.8) is 0 Å². The quantitative estimate of drug-likeness (QED) is 0.156. The molecule has 0 spiro atoms. The zero-order chi connectivity index (χ0) is 36.1. The predicted molar refractivity (Wildman–Crippen MR) is 176 cm³/mol. The fourth-order valence-electron chi connectivity index (χ4n) is 4.84. The summed E-state index contributed by atoms with van der Waals surface area (Å²) >= 11 is 6.03. The number of aromatic nitrogens is 4. The lowest BCUT2D eigenvalue weighted by Crippen LogP contribution is -2.39. The van der Waals surface area contributed by atoms with E-state index in [9.17, 15) is 27.6 Å². The Balaban J connectivity index is 1.18. The summed E-state index contributed by atoms with van der Waals surface area (Å²) in [6.07, 6.45) is -2.73. The highest BCUT2D eigenvalue weighted by atomic mass is 35.5. The van der Waals surface area contributed by atoms with Gasteiger partial charge in [0.25, 0.3) is 5.91 Å². The summed E-state index contributed by atoms with van der Waals surface area (Å²) in [7, 11) is 3.08. The number of ether oxygens (including phenoxy) is 1. The lowest BCUT2D eigenvalue weighted by atomic mass is 10.1. The molecule has 50 heavy (non-hydrogen) atoms. The topological polar surface area (TPSA) is 168 Å². The van der Waals surface area contributed by atoms with Crippen molar-refractivity contribution in [2.24, 2.45) is 0 Å². The number of likely N-dealkylation sites (N-methyl/N-ethyl adjacent to an activating group) is 1. The Bertz CT molecular complexity index is 1830. The number of anilines is 4. The molecule has 0 aliphatic heterocycles. The number of carbonyl (C=O) groups is 3. The summed E-state index contributed by atoms with van der Waals surface area (Å²) in [6, 6.07) is 14.5. The first kappa shape index (κ1) is 35.8. The Labute approximate surface area is 289 Å². The number of alkyl halides is 3. The molecular formula is C32H33ClF3N9O5. The largest absolute Gasteiger partial charge is 0.454 e. The summed E-state index contributed by atoms with van der Waals surface area (Å²) < 4.78 is 48.4. The number of halogens is 4. The van der Waals surface area contributed by atoms with Crippen LogP contribution in [-0.4, -0.2) is 87.6 Å². The minimum atomic E-state index is -4.60. The third-order valence-corrected chi connectivity index (χ3v) is 7.86. The van der Waals surface area contributed by atoms with Gasteiger partial charge in [-0.05, 0) is 68.1 Å². The third-order valence-electron chi connectivity index (χ3n) is 7.61. The van der Waals surface area contributed by atoms with Gasteiger partial charge >= 0.3 is 24.0 Å². The van der Waals surface area contributed by atoms with Gasteiger partial charge in [0.05, 0.1) is 5.54 Å². The summed E-state index contributed by atoms with van der Waals surface area (Å²) in [6.45, 7) is 0.563. The number of nitrogens with zero attached hydrogens (tertiary/aromatic N) is 6. The molecule has 1 fully saturated rings. The molecule has 3 N–H and O–H groups in total. The Morgan fingerprint density at radius 3 is 2.24 bits per heavy atom. The molecule has 0 radical (unpaired) electrons. The number of nitrogens with one attached hydrogen (secondary N) is 3. The number of rotatable bonds is 13. The van der Waals surface area contributed by atoms with Crippen LogP contribution in [0.5, 0.6) is 6.01 Å². The maximum atomic E-state index is 13.0. The van der Waals surface area contributed by atoms with Crippen LogP contribution in [0.15, 0.2) is 59.1 Å². The number of benzene rings is 2. The number of amides is 3. The Morgan fingerprint density at radius 1 is 0.960 bits per heavy atom. The van der Waals surface area contributed by atoms with Gasteiger partial charge in [0.15, 0.2) is 12.4 Å². The van der Waals surface area contributed by atoms with E-state index in [0.717, 1.165) is 18.4 Å². The Hall–Kier alpha value is -5.45. The van der Waals surface area contributed by atoms with Crippen molar-refractivity contribution >= 4 is 52.7 Å². The van der Waals surface area contributed by atoms with E-state index in [-0.39, 0.29) is 30.2 Å². The standard InChI is InChI=1S/C32H33ClF3N9O5/c1-19-17-24(43-50-19)38-25(46)27(48)45(3)16-4-15-44(2)26(47)20-5-11-23(12-6-20)37-28-39-29(41-30(40-28)49-18-32(34,35)36)42-31(13-14-31)21-7-9-22(33)10-8-21/h5-12,17H,4,13-16,18H2,1-3H3,(H,38,43,46)(H2,37,39,40,41,42). The maximum absolute atomic E-state index is 13.0. The van der Waals surface area contributed by atoms with Crippen LogP contribution in [0.2, 0.25) is 5.02 Å². The van der Waals surface area contributed by atoms with E-state index in [1.165, 1.54) is 22.9 Å². The van der Waals surface area contributed by atoms with E-state index in [1.54, 1.807) is 50.4 Å². The predicted octanol–water partition coefficient (Wildman–Crippen LogP) is 5.17. The van der Waals surface area contributed by atoms with Crippen LogP contribution in [0.25, 0.3) is 0 Å². The molecule has 1 aliphatic carbocycles. The van der Waals surface area contributed by atoms with Gasteiger partial charge in [-0.1, -0.05) is 28.9 Å². The van der Waals surface area contributed by atoms with Gasteiger partial charge in [-0.25, -0.2) is 0 Å². The normalized spacial score (nSPS) is 13.3. The van der Waals surface area contributed by atoms with Crippen LogP contribution in [-0.2, 0) is 15.1 Å². The van der Waals surface area contributed by atoms with Gasteiger partial charge in [0, 0.05) is 49.5 Å². The Morgan fingerprint density at radius 2 is 1.62 bits per heavy atom. The third kappa shape index (κ3) is 9.58. The number of hydrogen-bond donors (Lipinski definition) is 3. The van der Waals surface area contributed by atoms with Crippen molar-refractivity contribution in [1.82, 2.24) is 29.9 Å². The molecule has 4 aromatic rings. The molecule has 1 aliphatic rings. The minimum absolute atomic E-state index is 0.0126. The van der Waals surface area contributed by atoms with E-state index in [4.69, 9.17) is 20.9 Å². The highest BCUT2D eigenvalue weighted by molar-refractivity contribution is 6.39. The van der Waals surface area contributed by atoms with Crippen LogP contribution in [0, 0.1) is 6.92 Å². The number of carbonyl (C=O) groups excluding carboxylic acids is 3. The lowest BCUT2D eigenvalue weighted by molar-refractivity contribution is -0.154.